The van der Waals surface area contributed by atoms with Gasteiger partial charge in [-0.15, -0.1) is 0 Å². The number of anilines is 1. The number of rotatable bonds is 5. The van der Waals surface area contributed by atoms with Gasteiger partial charge in [-0.05, 0) is 44.9 Å². The van der Waals surface area contributed by atoms with E-state index in [1.165, 1.54) is 6.20 Å². The van der Waals surface area contributed by atoms with Crippen LogP contribution >= 0.6 is 11.6 Å². The van der Waals surface area contributed by atoms with Gasteiger partial charge in [0.25, 0.3) is 5.91 Å². The van der Waals surface area contributed by atoms with Crippen LogP contribution in [-0.4, -0.2) is 47.1 Å². The number of urea groups is 1. The number of aromatic nitrogens is 1. The molecule has 3 amide bonds. The van der Waals surface area contributed by atoms with Crippen LogP contribution in [0.15, 0.2) is 42.6 Å². The van der Waals surface area contributed by atoms with Crippen molar-refractivity contribution in [3.8, 4) is 5.88 Å². The van der Waals surface area contributed by atoms with Crippen molar-refractivity contribution in [2.45, 2.75) is 38.8 Å². The molecule has 154 valence electrons. The number of halogens is 1. The highest BCUT2D eigenvalue weighted by atomic mass is 35.5. The Morgan fingerprint density at radius 3 is 2.52 bits per heavy atom. The Labute approximate surface area is 175 Å². The number of nitrogens with zero attached hydrogens (tertiary/aromatic N) is 2. The summed E-state index contributed by atoms with van der Waals surface area (Å²) >= 11 is 6.16. The molecule has 0 aliphatic carbocycles. The van der Waals surface area contributed by atoms with Crippen LogP contribution in [0.1, 0.15) is 37.0 Å². The predicted molar refractivity (Wildman–Crippen MR) is 113 cm³/mol. The summed E-state index contributed by atoms with van der Waals surface area (Å²) in [5.41, 5.74) is 1.15. The van der Waals surface area contributed by atoms with Gasteiger partial charge in [0.2, 0.25) is 5.88 Å². The Morgan fingerprint density at radius 2 is 1.90 bits per heavy atom. The Balaban J connectivity index is 1.49. The molecule has 2 aromatic rings. The number of benzene rings is 1. The van der Waals surface area contributed by atoms with E-state index in [1.54, 1.807) is 11.0 Å². The van der Waals surface area contributed by atoms with Gasteiger partial charge in [-0.25, -0.2) is 9.78 Å². The fourth-order valence-corrected chi connectivity index (χ4v) is 3.29. The number of pyridine rings is 1. The Kier molecular flexibility index (Phi) is 6.93. The third kappa shape index (κ3) is 5.84. The Morgan fingerprint density at radius 1 is 1.21 bits per heavy atom. The van der Waals surface area contributed by atoms with E-state index in [0.29, 0.717) is 42.4 Å². The summed E-state index contributed by atoms with van der Waals surface area (Å²) in [4.78, 5) is 30.8. The van der Waals surface area contributed by atoms with E-state index >= 15 is 0 Å². The second kappa shape index (κ2) is 9.60. The van der Waals surface area contributed by atoms with Crippen molar-refractivity contribution in [2.24, 2.45) is 0 Å². The first-order valence-corrected chi connectivity index (χ1v) is 10.0. The molecule has 0 atom stereocenters. The largest absolute Gasteiger partial charge is 0.474 e. The summed E-state index contributed by atoms with van der Waals surface area (Å²) in [6.45, 7) is 4.91. The van der Waals surface area contributed by atoms with Gasteiger partial charge in [-0.1, -0.05) is 29.8 Å². The van der Waals surface area contributed by atoms with Gasteiger partial charge in [0.05, 0.1) is 11.7 Å². The number of piperidine rings is 1. The molecule has 0 spiro atoms. The monoisotopic (exact) mass is 416 g/mol. The molecule has 0 bridgehead atoms. The van der Waals surface area contributed by atoms with Crippen LogP contribution in [0.4, 0.5) is 10.5 Å². The normalized spacial score (nSPS) is 14.6. The molecule has 0 radical (unpaired) electrons. The predicted octanol–water partition coefficient (Wildman–Crippen LogP) is 3.95. The number of hydrogen-bond acceptors (Lipinski definition) is 4. The maximum absolute atomic E-state index is 12.5. The van der Waals surface area contributed by atoms with E-state index in [1.807, 2.05) is 44.2 Å². The molecule has 1 fully saturated rings. The van der Waals surface area contributed by atoms with Crippen molar-refractivity contribution in [1.29, 1.82) is 0 Å². The standard InChI is InChI=1S/C21H25ClN4O3/c1-14(2)29-20-18(22)12-15(13-23-20)19(27)24-17-8-10-26(11-9-17)21(28)25-16-6-4-3-5-7-16/h3-7,12-14,17H,8-11H2,1-2H3,(H,24,27)(H,25,28). The number of carbonyl (C=O) groups is 2. The highest BCUT2D eigenvalue weighted by Gasteiger charge is 2.24. The summed E-state index contributed by atoms with van der Waals surface area (Å²) in [6.07, 6.45) is 2.78. The SMILES string of the molecule is CC(C)Oc1ncc(C(=O)NC2CCN(C(=O)Nc3ccccc3)CC2)cc1Cl. The van der Waals surface area contributed by atoms with E-state index in [4.69, 9.17) is 16.3 Å². The number of nitrogens with one attached hydrogen (secondary N) is 2. The zero-order valence-electron chi connectivity index (χ0n) is 16.5. The lowest BCUT2D eigenvalue weighted by atomic mass is 10.0. The summed E-state index contributed by atoms with van der Waals surface area (Å²) in [6, 6.07) is 10.8. The molecule has 1 aliphatic rings. The topological polar surface area (TPSA) is 83.6 Å². The zero-order valence-corrected chi connectivity index (χ0v) is 17.3. The minimum absolute atomic E-state index is 0.00589. The first-order chi connectivity index (χ1) is 13.9. The van der Waals surface area contributed by atoms with Crippen LogP contribution in [0.25, 0.3) is 0 Å². The minimum atomic E-state index is -0.234. The highest BCUT2D eigenvalue weighted by Crippen LogP contribution is 2.23. The molecule has 1 saturated heterocycles. The fraction of sp³-hybridized carbons (Fsp3) is 0.381. The molecular formula is C21H25ClN4O3. The molecule has 29 heavy (non-hydrogen) atoms. The van der Waals surface area contributed by atoms with Crippen LogP contribution in [0, 0.1) is 0 Å². The summed E-state index contributed by atoms with van der Waals surface area (Å²) in [5.74, 6) is 0.0821. The van der Waals surface area contributed by atoms with Crippen LogP contribution in [0.3, 0.4) is 0 Å². The average Bonchev–Trinajstić information content (AvgIpc) is 2.70. The van der Waals surface area contributed by atoms with Gasteiger partial charge >= 0.3 is 6.03 Å². The second-order valence-electron chi connectivity index (χ2n) is 7.21. The number of carbonyl (C=O) groups excluding carboxylic acids is 2. The third-order valence-electron chi connectivity index (χ3n) is 4.56. The van der Waals surface area contributed by atoms with Crippen molar-refractivity contribution < 1.29 is 14.3 Å². The van der Waals surface area contributed by atoms with E-state index in [9.17, 15) is 9.59 Å². The van der Waals surface area contributed by atoms with Crippen molar-refractivity contribution in [3.05, 3.63) is 53.2 Å². The molecular weight excluding hydrogens is 392 g/mol. The molecule has 0 unspecified atom stereocenters. The molecule has 3 rings (SSSR count). The van der Waals surface area contributed by atoms with Crippen LogP contribution < -0.4 is 15.4 Å². The second-order valence-corrected chi connectivity index (χ2v) is 7.62. The van der Waals surface area contributed by atoms with Gasteiger partial charge < -0.3 is 20.3 Å². The summed E-state index contributed by atoms with van der Waals surface area (Å²) in [5, 5.41) is 6.18. The molecule has 8 heteroatoms. The minimum Gasteiger partial charge on any atom is -0.474 e. The van der Waals surface area contributed by atoms with Crippen molar-refractivity contribution in [3.63, 3.8) is 0 Å². The van der Waals surface area contributed by atoms with Crippen LogP contribution in [0.5, 0.6) is 5.88 Å². The quantitative estimate of drug-likeness (QED) is 0.773. The average molecular weight is 417 g/mol. The van der Waals surface area contributed by atoms with Gasteiger partial charge in [0.1, 0.15) is 5.02 Å². The number of ether oxygens (including phenoxy) is 1. The molecule has 0 saturated carbocycles. The van der Waals surface area contributed by atoms with E-state index in [0.717, 1.165) is 5.69 Å². The number of hydrogen-bond donors (Lipinski definition) is 2. The highest BCUT2D eigenvalue weighted by molar-refractivity contribution is 6.32. The fourth-order valence-electron chi connectivity index (χ4n) is 3.08. The maximum atomic E-state index is 12.5. The van der Waals surface area contributed by atoms with Crippen LogP contribution in [-0.2, 0) is 0 Å². The number of amides is 3. The van der Waals surface area contributed by atoms with Gasteiger partial charge in [-0.2, -0.15) is 0 Å². The zero-order chi connectivity index (χ0) is 20.8. The van der Waals surface area contributed by atoms with E-state index in [2.05, 4.69) is 15.6 Å². The molecule has 1 aromatic carbocycles. The summed E-state index contributed by atoms with van der Waals surface area (Å²) < 4.78 is 5.49. The smallest absolute Gasteiger partial charge is 0.321 e. The number of likely N-dealkylation sites (tertiary alicyclic amines) is 1. The molecule has 2 heterocycles. The van der Waals surface area contributed by atoms with E-state index < -0.39 is 0 Å². The third-order valence-corrected chi connectivity index (χ3v) is 4.83. The van der Waals surface area contributed by atoms with Gasteiger partial charge in [0.15, 0.2) is 0 Å². The van der Waals surface area contributed by atoms with Gasteiger partial charge in [0, 0.05) is 31.0 Å². The Hall–Kier alpha value is -2.80. The Bertz CT molecular complexity index is 852. The summed E-state index contributed by atoms with van der Waals surface area (Å²) in [7, 11) is 0. The first-order valence-electron chi connectivity index (χ1n) is 9.66. The maximum Gasteiger partial charge on any atom is 0.321 e. The van der Waals surface area contributed by atoms with Crippen molar-refractivity contribution in [2.75, 3.05) is 18.4 Å². The lowest BCUT2D eigenvalue weighted by Crippen LogP contribution is -2.47. The lowest BCUT2D eigenvalue weighted by Gasteiger charge is -2.32. The van der Waals surface area contributed by atoms with Crippen LogP contribution in [0.2, 0.25) is 5.02 Å². The molecule has 2 N–H and O–H groups in total. The molecule has 1 aromatic heterocycles. The number of para-hydroxylation sites is 1. The van der Waals surface area contributed by atoms with Crippen molar-refractivity contribution >= 4 is 29.2 Å². The van der Waals surface area contributed by atoms with E-state index in [-0.39, 0.29) is 24.1 Å². The molecule has 1 aliphatic heterocycles. The first kappa shape index (κ1) is 20.9. The molecule has 7 nitrogen and oxygen atoms in total. The van der Waals surface area contributed by atoms with Gasteiger partial charge in [-0.3, -0.25) is 4.79 Å². The van der Waals surface area contributed by atoms with Crippen molar-refractivity contribution in [1.82, 2.24) is 15.2 Å². The lowest BCUT2D eigenvalue weighted by molar-refractivity contribution is 0.0919.